The predicted octanol–water partition coefficient (Wildman–Crippen LogP) is 11.9. The zero-order valence-corrected chi connectivity index (χ0v) is 25.4. The predicted molar refractivity (Wildman–Crippen MR) is 194 cm³/mol. The standard InChI is InChI=1S/C44H30N2O/c1-29-21-26-40-43(45-44-46(40)39-19-11-12-20-41(39)47-44)42(29)34-24-22-33(23-25-34)38-28-36(31-15-7-3-8-16-31)35(30-13-5-2-6-14-30)27-37(38)32-17-9-4-10-18-32/h2-28H,1H3/i1D3. The van der Waals surface area contributed by atoms with Crippen LogP contribution in [0.25, 0.3) is 83.6 Å². The normalized spacial score (nSPS) is 12.7. The monoisotopic (exact) mass is 605 g/mol. The number of imidazole rings is 1. The lowest BCUT2D eigenvalue weighted by molar-refractivity contribution is 0.643. The molecule has 9 aromatic rings. The molecule has 47 heavy (non-hydrogen) atoms. The molecule has 0 unspecified atom stereocenters. The second-order valence-electron chi connectivity index (χ2n) is 11.8. The van der Waals surface area contributed by atoms with Crippen molar-refractivity contribution in [3.05, 3.63) is 169 Å². The quantitative estimate of drug-likeness (QED) is 0.195. The molecule has 0 spiro atoms. The molecule has 2 aromatic heterocycles. The van der Waals surface area contributed by atoms with Crippen LogP contribution in [-0.4, -0.2) is 9.38 Å². The van der Waals surface area contributed by atoms with Crippen LogP contribution in [0.2, 0.25) is 0 Å². The van der Waals surface area contributed by atoms with Crippen molar-refractivity contribution in [3.63, 3.8) is 0 Å². The van der Waals surface area contributed by atoms with Crippen LogP contribution in [0.1, 0.15) is 9.68 Å². The Balaban J connectivity index is 1.26. The van der Waals surface area contributed by atoms with E-state index in [4.69, 9.17) is 13.5 Å². The van der Waals surface area contributed by atoms with Crippen molar-refractivity contribution in [2.45, 2.75) is 6.85 Å². The lowest BCUT2D eigenvalue weighted by atomic mass is 9.85. The van der Waals surface area contributed by atoms with Gasteiger partial charge in [-0.1, -0.05) is 133 Å². The average Bonchev–Trinajstić information content (AvgIpc) is 3.71. The van der Waals surface area contributed by atoms with E-state index in [9.17, 15) is 0 Å². The maximum atomic E-state index is 8.44. The van der Waals surface area contributed by atoms with Crippen molar-refractivity contribution in [2.75, 3.05) is 0 Å². The summed E-state index contributed by atoms with van der Waals surface area (Å²) in [5, 5.41) is 0. The Bertz CT molecular complexity index is 2660. The van der Waals surface area contributed by atoms with Crippen molar-refractivity contribution in [2.24, 2.45) is 0 Å². The summed E-state index contributed by atoms with van der Waals surface area (Å²) >= 11 is 0. The van der Waals surface area contributed by atoms with Gasteiger partial charge in [0.2, 0.25) is 0 Å². The molecular weight excluding hydrogens is 572 g/mol. The number of benzene rings is 7. The van der Waals surface area contributed by atoms with Crippen LogP contribution < -0.4 is 0 Å². The van der Waals surface area contributed by atoms with Crippen molar-refractivity contribution in [1.82, 2.24) is 9.38 Å². The van der Waals surface area contributed by atoms with E-state index < -0.39 is 6.85 Å². The van der Waals surface area contributed by atoms with Gasteiger partial charge in [-0.15, -0.1) is 0 Å². The van der Waals surface area contributed by atoms with Crippen LogP contribution in [0.15, 0.2) is 168 Å². The van der Waals surface area contributed by atoms with Crippen molar-refractivity contribution >= 4 is 28.0 Å². The lowest BCUT2D eigenvalue weighted by Gasteiger charge is -2.18. The fourth-order valence-electron chi connectivity index (χ4n) is 6.77. The van der Waals surface area contributed by atoms with Gasteiger partial charge in [0, 0.05) is 9.68 Å². The highest BCUT2D eigenvalue weighted by Crippen LogP contribution is 2.43. The van der Waals surface area contributed by atoms with Gasteiger partial charge >= 0.3 is 5.84 Å². The Hall–Kier alpha value is -6.19. The lowest BCUT2D eigenvalue weighted by Crippen LogP contribution is -1.93. The van der Waals surface area contributed by atoms with Crippen LogP contribution in [0.3, 0.4) is 0 Å². The number of hydrogen-bond acceptors (Lipinski definition) is 2. The smallest absolute Gasteiger partial charge is 0.307 e. The third-order valence-corrected chi connectivity index (χ3v) is 9.00. The average molecular weight is 606 g/mol. The molecule has 0 fully saturated rings. The maximum Gasteiger partial charge on any atom is 0.307 e. The molecule has 0 aliphatic carbocycles. The summed E-state index contributed by atoms with van der Waals surface area (Å²) < 4.78 is 33.4. The van der Waals surface area contributed by atoms with E-state index in [1.54, 1.807) is 6.07 Å². The summed E-state index contributed by atoms with van der Waals surface area (Å²) in [4.78, 5) is 4.87. The number of rotatable bonds is 5. The van der Waals surface area contributed by atoms with E-state index in [2.05, 4.69) is 97.1 Å². The number of para-hydroxylation sites is 2. The molecule has 0 atom stereocenters. The van der Waals surface area contributed by atoms with Crippen LogP contribution >= 0.6 is 0 Å². The van der Waals surface area contributed by atoms with E-state index in [0.29, 0.717) is 16.9 Å². The number of oxazole rings is 1. The molecule has 7 aromatic carbocycles. The summed E-state index contributed by atoms with van der Waals surface area (Å²) in [5.74, 6) is 0.432. The van der Waals surface area contributed by atoms with Gasteiger partial charge in [0.05, 0.1) is 11.0 Å². The van der Waals surface area contributed by atoms with E-state index in [0.717, 1.165) is 66.7 Å². The van der Waals surface area contributed by atoms with Gasteiger partial charge in [0.25, 0.3) is 0 Å². The Kier molecular flexibility index (Phi) is 5.64. The highest BCUT2D eigenvalue weighted by atomic mass is 16.4. The first-order valence-electron chi connectivity index (χ1n) is 17.2. The molecule has 0 saturated heterocycles. The summed E-state index contributed by atoms with van der Waals surface area (Å²) in [5.41, 5.74) is 13.5. The van der Waals surface area contributed by atoms with E-state index >= 15 is 0 Å². The number of nitrogens with zero attached hydrogens (tertiary/aromatic N) is 2. The Labute approximate surface area is 277 Å². The second kappa shape index (κ2) is 11.0. The summed E-state index contributed by atoms with van der Waals surface area (Å²) in [7, 11) is 0. The molecule has 0 aliphatic rings. The van der Waals surface area contributed by atoms with Crippen molar-refractivity contribution in [1.29, 1.82) is 0 Å². The minimum Gasteiger partial charge on any atom is -0.423 e. The molecular formula is C44H30N2O. The van der Waals surface area contributed by atoms with Gasteiger partial charge in [-0.25, -0.2) is 0 Å². The van der Waals surface area contributed by atoms with E-state index in [1.807, 2.05) is 65.1 Å². The van der Waals surface area contributed by atoms with Gasteiger partial charge < -0.3 is 4.42 Å². The van der Waals surface area contributed by atoms with Gasteiger partial charge in [0.1, 0.15) is 5.52 Å². The zero-order chi connectivity index (χ0) is 33.8. The van der Waals surface area contributed by atoms with E-state index in [-0.39, 0.29) is 5.56 Å². The third kappa shape index (κ3) is 4.55. The largest absolute Gasteiger partial charge is 0.423 e. The molecule has 2 heterocycles. The number of aryl methyl sites for hydroxylation is 1. The fourth-order valence-corrected chi connectivity index (χ4v) is 6.77. The van der Waals surface area contributed by atoms with Crippen molar-refractivity contribution < 1.29 is 8.53 Å². The molecule has 0 amide bonds. The maximum absolute atomic E-state index is 8.44. The van der Waals surface area contributed by atoms with Gasteiger partial charge in [0.15, 0.2) is 5.58 Å². The number of fused-ring (bicyclic) bond motifs is 5. The highest BCUT2D eigenvalue weighted by molar-refractivity contribution is 5.99. The van der Waals surface area contributed by atoms with Crippen LogP contribution in [0.4, 0.5) is 0 Å². The first-order valence-corrected chi connectivity index (χ1v) is 15.7. The summed E-state index contributed by atoms with van der Waals surface area (Å²) in [6.07, 6.45) is 0. The zero-order valence-electron chi connectivity index (χ0n) is 28.4. The van der Waals surface area contributed by atoms with Crippen LogP contribution in [-0.2, 0) is 0 Å². The topological polar surface area (TPSA) is 30.4 Å². The second-order valence-corrected chi connectivity index (χ2v) is 11.8. The minimum absolute atomic E-state index is 0.256. The van der Waals surface area contributed by atoms with Gasteiger partial charge in [-0.2, -0.15) is 4.98 Å². The first kappa shape index (κ1) is 24.1. The highest BCUT2D eigenvalue weighted by Gasteiger charge is 2.19. The van der Waals surface area contributed by atoms with Crippen LogP contribution in [0.5, 0.6) is 0 Å². The molecule has 222 valence electrons. The van der Waals surface area contributed by atoms with Gasteiger partial charge in [-0.3, -0.25) is 4.40 Å². The molecule has 0 bridgehead atoms. The number of hydrogen-bond donors (Lipinski definition) is 0. The summed E-state index contributed by atoms with van der Waals surface area (Å²) in [6, 6.07) is 55.6. The van der Waals surface area contributed by atoms with Crippen LogP contribution in [0, 0.1) is 6.85 Å². The molecule has 0 N–H and O–H groups in total. The minimum atomic E-state index is -2.34. The molecule has 3 nitrogen and oxygen atoms in total. The molecule has 0 saturated carbocycles. The molecule has 0 radical (unpaired) electrons. The summed E-state index contributed by atoms with van der Waals surface area (Å²) in [6.45, 7) is -2.34. The Morgan fingerprint density at radius 3 is 1.53 bits per heavy atom. The Morgan fingerprint density at radius 1 is 0.489 bits per heavy atom. The first-order chi connectivity index (χ1) is 24.4. The van der Waals surface area contributed by atoms with Gasteiger partial charge in [-0.05, 0) is 92.8 Å². The SMILES string of the molecule is [2H]C([2H])([2H])c1ccc2c(nc3oc4ccccc4n32)c1-c1ccc(-c2cc(-c3ccccc3)c(-c3ccccc3)cc2-c2ccccc2)cc1. The molecule has 9 rings (SSSR count). The van der Waals surface area contributed by atoms with Crippen molar-refractivity contribution in [3.8, 4) is 55.6 Å². The number of aromatic nitrogens is 2. The molecule has 3 heteroatoms. The molecule has 0 aliphatic heterocycles. The Morgan fingerprint density at radius 2 is 0.979 bits per heavy atom. The fraction of sp³-hybridized carbons (Fsp3) is 0.0227. The third-order valence-electron chi connectivity index (χ3n) is 9.00. The van der Waals surface area contributed by atoms with E-state index in [1.165, 1.54) is 0 Å².